The normalized spacial score (nSPS) is 15.1. The molecule has 8 heteroatoms. The van der Waals surface area contributed by atoms with Gasteiger partial charge >= 0.3 is 0 Å². The monoisotopic (exact) mass is 369 g/mol. The van der Waals surface area contributed by atoms with Gasteiger partial charge in [-0.2, -0.15) is 0 Å². The molecule has 0 atom stereocenters. The van der Waals surface area contributed by atoms with Crippen molar-refractivity contribution in [1.82, 2.24) is 19.9 Å². The Morgan fingerprint density at radius 2 is 1.81 bits per heavy atom. The van der Waals surface area contributed by atoms with E-state index in [9.17, 15) is 4.39 Å². The van der Waals surface area contributed by atoms with E-state index < -0.39 is 6.29 Å². The number of rotatable bonds is 4. The molecule has 1 N–H and O–H groups in total. The summed E-state index contributed by atoms with van der Waals surface area (Å²) in [6.45, 7) is 1.23. The van der Waals surface area contributed by atoms with E-state index >= 15 is 0 Å². The summed E-state index contributed by atoms with van der Waals surface area (Å²) in [5, 5.41) is 0. The van der Waals surface area contributed by atoms with Crippen LogP contribution in [0.1, 0.15) is 18.5 Å². The first-order valence-electron chi connectivity index (χ1n) is 8.71. The van der Waals surface area contributed by atoms with Crippen LogP contribution in [0.3, 0.4) is 0 Å². The van der Waals surface area contributed by atoms with E-state index in [1.807, 2.05) is 19.0 Å². The molecule has 1 fully saturated rings. The Morgan fingerprint density at radius 3 is 2.52 bits per heavy atom. The largest absolute Gasteiger partial charge is 0.347 e. The molecule has 1 aromatic carbocycles. The van der Waals surface area contributed by atoms with Gasteiger partial charge in [0.25, 0.3) is 0 Å². The first kappa shape index (κ1) is 17.6. The number of ether oxygens (including phenoxy) is 2. The summed E-state index contributed by atoms with van der Waals surface area (Å²) in [7, 11) is 3.75. The van der Waals surface area contributed by atoms with Crippen LogP contribution < -0.4 is 4.90 Å². The van der Waals surface area contributed by atoms with Gasteiger partial charge in [0, 0.05) is 25.9 Å². The average Bonchev–Trinajstić information content (AvgIpc) is 3.15. The van der Waals surface area contributed by atoms with Crippen molar-refractivity contribution in [2.24, 2.45) is 0 Å². The van der Waals surface area contributed by atoms with E-state index in [0.29, 0.717) is 42.1 Å². The molecular formula is C19H20FN5O2. The second-order valence-electron chi connectivity index (χ2n) is 6.42. The predicted octanol–water partition coefficient (Wildman–Crippen LogP) is 3.17. The molecule has 7 nitrogen and oxygen atoms in total. The third-order valence-electron chi connectivity index (χ3n) is 4.19. The van der Waals surface area contributed by atoms with Gasteiger partial charge in [-0.05, 0) is 36.8 Å². The van der Waals surface area contributed by atoms with Crippen molar-refractivity contribution < 1.29 is 13.9 Å². The van der Waals surface area contributed by atoms with Gasteiger partial charge in [0.2, 0.25) is 12.2 Å². The SMILES string of the molecule is CN(C)c1nccc(-c2[nH]c(C3OCCCO3)nc2-c2ccc(F)cc2)n1. The van der Waals surface area contributed by atoms with Crippen molar-refractivity contribution in [2.75, 3.05) is 32.2 Å². The molecule has 3 aromatic rings. The standard InChI is InChI=1S/C19H20FN5O2/c1-25(2)19-21-9-8-14(22-19)16-15(12-4-6-13(20)7-5-12)23-17(24-16)18-26-10-3-11-27-18/h4-9,18H,3,10-11H2,1-2H3,(H,23,24). The minimum atomic E-state index is -0.554. The summed E-state index contributed by atoms with van der Waals surface area (Å²) >= 11 is 0. The van der Waals surface area contributed by atoms with Crippen molar-refractivity contribution in [3.8, 4) is 22.6 Å². The molecule has 2 aromatic heterocycles. The van der Waals surface area contributed by atoms with Crippen LogP contribution in [0.15, 0.2) is 36.5 Å². The fraction of sp³-hybridized carbons (Fsp3) is 0.316. The molecule has 3 heterocycles. The molecule has 0 spiro atoms. The smallest absolute Gasteiger partial charge is 0.225 e. The molecule has 4 rings (SSSR count). The van der Waals surface area contributed by atoms with Gasteiger partial charge in [-0.15, -0.1) is 0 Å². The zero-order chi connectivity index (χ0) is 18.8. The second-order valence-corrected chi connectivity index (χ2v) is 6.42. The number of aromatic amines is 1. The zero-order valence-corrected chi connectivity index (χ0v) is 15.1. The number of imidazole rings is 1. The fourth-order valence-corrected chi connectivity index (χ4v) is 2.85. The van der Waals surface area contributed by atoms with Crippen LogP contribution in [0, 0.1) is 5.82 Å². The summed E-state index contributed by atoms with van der Waals surface area (Å²) in [6.07, 6.45) is 1.99. The van der Waals surface area contributed by atoms with Crippen LogP contribution in [0.4, 0.5) is 10.3 Å². The Morgan fingerprint density at radius 1 is 1.07 bits per heavy atom. The first-order chi connectivity index (χ1) is 13.1. The molecule has 140 valence electrons. The average molecular weight is 369 g/mol. The highest BCUT2D eigenvalue weighted by molar-refractivity contribution is 5.77. The van der Waals surface area contributed by atoms with Crippen molar-refractivity contribution in [3.05, 3.63) is 48.2 Å². The minimum Gasteiger partial charge on any atom is -0.347 e. The number of halogens is 1. The van der Waals surface area contributed by atoms with Crippen LogP contribution in [-0.2, 0) is 9.47 Å². The highest BCUT2D eigenvalue weighted by Gasteiger charge is 2.24. The Labute approximate surface area is 156 Å². The van der Waals surface area contributed by atoms with Gasteiger partial charge in [-0.3, -0.25) is 0 Å². The van der Waals surface area contributed by atoms with Gasteiger partial charge in [-0.25, -0.2) is 19.3 Å². The Hall–Kier alpha value is -2.84. The van der Waals surface area contributed by atoms with E-state index in [-0.39, 0.29) is 5.82 Å². The van der Waals surface area contributed by atoms with Crippen LogP contribution in [0.2, 0.25) is 0 Å². The van der Waals surface area contributed by atoms with Crippen LogP contribution in [0.25, 0.3) is 22.6 Å². The molecule has 0 radical (unpaired) electrons. The molecule has 0 aliphatic carbocycles. The van der Waals surface area contributed by atoms with Gasteiger partial charge in [-0.1, -0.05) is 0 Å². The summed E-state index contributed by atoms with van der Waals surface area (Å²) in [5.74, 6) is 0.847. The lowest BCUT2D eigenvalue weighted by Crippen LogP contribution is -2.18. The molecule has 0 unspecified atom stereocenters. The number of aromatic nitrogens is 4. The topological polar surface area (TPSA) is 76.2 Å². The van der Waals surface area contributed by atoms with Gasteiger partial charge < -0.3 is 19.4 Å². The van der Waals surface area contributed by atoms with Gasteiger partial charge in [0.05, 0.1) is 30.3 Å². The molecule has 0 amide bonds. The number of nitrogens with one attached hydrogen (secondary N) is 1. The molecule has 0 saturated carbocycles. The van der Waals surface area contributed by atoms with E-state index in [4.69, 9.17) is 9.47 Å². The highest BCUT2D eigenvalue weighted by Crippen LogP contribution is 2.32. The number of benzene rings is 1. The van der Waals surface area contributed by atoms with Crippen molar-refractivity contribution in [3.63, 3.8) is 0 Å². The summed E-state index contributed by atoms with van der Waals surface area (Å²) in [5.41, 5.74) is 2.82. The maximum Gasteiger partial charge on any atom is 0.225 e. The minimum absolute atomic E-state index is 0.299. The number of H-pyrrole nitrogens is 1. The van der Waals surface area contributed by atoms with E-state index in [2.05, 4.69) is 19.9 Å². The van der Waals surface area contributed by atoms with Crippen LogP contribution in [0.5, 0.6) is 0 Å². The van der Waals surface area contributed by atoms with Gasteiger partial charge in [0.15, 0.2) is 5.82 Å². The van der Waals surface area contributed by atoms with Gasteiger partial charge in [0.1, 0.15) is 5.82 Å². The molecule has 0 bridgehead atoms. The Balaban J connectivity index is 1.81. The number of nitrogens with zero attached hydrogens (tertiary/aromatic N) is 4. The number of hydrogen-bond donors (Lipinski definition) is 1. The number of anilines is 1. The molecule has 1 aliphatic rings. The maximum atomic E-state index is 13.4. The van der Waals surface area contributed by atoms with Crippen LogP contribution >= 0.6 is 0 Å². The first-order valence-corrected chi connectivity index (χ1v) is 8.71. The third kappa shape index (κ3) is 3.67. The Bertz CT molecular complexity index is 920. The van der Waals surface area contributed by atoms with E-state index in [1.54, 1.807) is 24.4 Å². The van der Waals surface area contributed by atoms with Crippen molar-refractivity contribution >= 4 is 5.95 Å². The molecule has 1 aliphatic heterocycles. The molecular weight excluding hydrogens is 349 g/mol. The van der Waals surface area contributed by atoms with Crippen molar-refractivity contribution in [1.29, 1.82) is 0 Å². The Kier molecular flexibility index (Phi) is 4.83. The lowest BCUT2D eigenvalue weighted by Gasteiger charge is -2.21. The van der Waals surface area contributed by atoms with E-state index in [1.165, 1.54) is 12.1 Å². The lowest BCUT2D eigenvalue weighted by molar-refractivity contribution is -0.186. The fourth-order valence-electron chi connectivity index (χ4n) is 2.85. The second kappa shape index (κ2) is 7.42. The summed E-state index contributed by atoms with van der Waals surface area (Å²) in [6, 6.07) is 8.00. The molecule has 1 saturated heterocycles. The number of hydrogen-bond acceptors (Lipinski definition) is 6. The highest BCUT2D eigenvalue weighted by atomic mass is 19.1. The molecule has 27 heavy (non-hydrogen) atoms. The summed E-state index contributed by atoms with van der Waals surface area (Å²) < 4.78 is 24.7. The quantitative estimate of drug-likeness (QED) is 0.761. The third-order valence-corrected chi connectivity index (χ3v) is 4.19. The zero-order valence-electron chi connectivity index (χ0n) is 15.1. The summed E-state index contributed by atoms with van der Waals surface area (Å²) in [4.78, 5) is 18.6. The maximum absolute atomic E-state index is 13.4. The lowest BCUT2D eigenvalue weighted by atomic mass is 10.1. The van der Waals surface area contributed by atoms with Crippen LogP contribution in [-0.4, -0.2) is 47.2 Å². The predicted molar refractivity (Wildman–Crippen MR) is 98.6 cm³/mol. The van der Waals surface area contributed by atoms with E-state index in [0.717, 1.165) is 12.0 Å². The van der Waals surface area contributed by atoms with Crippen molar-refractivity contribution in [2.45, 2.75) is 12.7 Å².